The zero-order valence-corrected chi connectivity index (χ0v) is 5.15. The number of hydrogen-bond acceptors (Lipinski definition) is 6. The summed E-state index contributed by atoms with van der Waals surface area (Å²) in [6, 6.07) is 0. The van der Waals surface area contributed by atoms with Gasteiger partial charge in [-0.15, -0.1) is 0 Å². The predicted molar refractivity (Wildman–Crippen MR) is 33.2 cm³/mol. The molecule has 0 aliphatic rings. The Balaban J connectivity index is -0.000000245. The molecule has 0 amide bonds. The first kappa shape index (κ1) is 15.8. The molecule has 0 bridgehead atoms. The first-order valence-electron chi connectivity index (χ1n) is 1.53. The van der Waals surface area contributed by atoms with Crippen molar-refractivity contribution in [2.75, 3.05) is 0 Å². The maximum Gasteiger partial charge on any atom is 0.551 e. The van der Waals surface area contributed by atoms with E-state index in [1.54, 1.807) is 0 Å². The quantitative estimate of drug-likeness (QED) is 0.428. The summed E-state index contributed by atoms with van der Waals surface area (Å²) in [7, 11) is 0. The van der Waals surface area contributed by atoms with Gasteiger partial charge < -0.3 is 12.3 Å². The van der Waals surface area contributed by atoms with Crippen molar-refractivity contribution in [1.82, 2.24) is 12.3 Å². The molecule has 60 valence electrons. The van der Waals surface area contributed by atoms with Crippen LogP contribution in [0.3, 0.4) is 0 Å². The summed E-state index contributed by atoms with van der Waals surface area (Å²) in [6.45, 7) is 2.56. The van der Waals surface area contributed by atoms with Gasteiger partial charge in [-0.1, -0.05) is 0 Å². The third kappa shape index (κ3) is 4.61. The van der Waals surface area contributed by atoms with E-state index in [1.165, 1.54) is 0 Å². The third-order valence-corrected chi connectivity index (χ3v) is 0.421. The van der Waals surface area contributed by atoms with Crippen LogP contribution in [0.4, 0.5) is 0 Å². The van der Waals surface area contributed by atoms with Crippen molar-refractivity contribution in [3.8, 4) is 0 Å². The molecular weight excluding hydrogens is 144 g/mol. The van der Waals surface area contributed by atoms with E-state index >= 15 is 0 Å². The van der Waals surface area contributed by atoms with Crippen LogP contribution < -0.4 is 12.3 Å². The minimum absolute atomic E-state index is 0. The maximum absolute atomic E-state index is 9.41. The zero-order valence-electron chi connectivity index (χ0n) is 5.15. The highest BCUT2D eigenvalue weighted by atomic mass is 16.7. The van der Waals surface area contributed by atoms with Crippen LogP contribution >= 0.6 is 0 Å². The predicted octanol–water partition coefficient (Wildman–Crippen LogP) is 0.335. The molecule has 0 aromatic heterocycles. The molecule has 0 aromatic rings. The van der Waals surface area contributed by atoms with E-state index in [0.29, 0.717) is 0 Å². The first-order valence-corrected chi connectivity index (χ1v) is 1.53. The fraction of sp³-hybridized carbons (Fsp3) is 0. The monoisotopic (exact) mass is 152 g/mol. The molecule has 0 spiro atoms. The molecule has 0 aliphatic carbocycles. The fourth-order valence-electron chi connectivity index (χ4n) is 0.0667. The van der Waals surface area contributed by atoms with E-state index in [0.717, 1.165) is 0 Å². The minimum Gasteiger partial charge on any atom is -0.344 e. The van der Waals surface area contributed by atoms with Gasteiger partial charge in [0.2, 0.25) is 0 Å². The van der Waals surface area contributed by atoms with E-state index in [2.05, 4.69) is 6.58 Å². The highest BCUT2D eigenvalue weighted by molar-refractivity contribution is 4.61. The third-order valence-electron chi connectivity index (χ3n) is 0.421. The lowest BCUT2D eigenvalue weighted by Gasteiger charge is -1.80. The topological polar surface area (TPSA) is 156 Å². The Labute approximate surface area is 56.0 Å². The Hall–Kier alpha value is -1.54. The number of nitrogens with zero attached hydrogens (tertiary/aromatic N) is 2. The highest BCUT2D eigenvalue weighted by Gasteiger charge is 2.19. The van der Waals surface area contributed by atoms with Crippen LogP contribution in [0.5, 0.6) is 0 Å². The molecule has 0 aliphatic heterocycles. The molecule has 0 radical (unpaired) electrons. The van der Waals surface area contributed by atoms with Gasteiger partial charge in [-0.2, -0.15) is 0 Å². The lowest BCUT2D eigenvalue weighted by atomic mass is 10.9. The Bertz CT molecular complexity index is 137. The Kier molecular flexibility index (Phi) is 8.83. The fourth-order valence-corrected chi connectivity index (χ4v) is 0.0667. The van der Waals surface area contributed by atoms with Gasteiger partial charge in [-0.3, -0.25) is 20.2 Å². The van der Waals surface area contributed by atoms with Crippen molar-refractivity contribution in [2.24, 2.45) is 0 Å². The van der Waals surface area contributed by atoms with Gasteiger partial charge in [0.1, 0.15) is 9.85 Å². The van der Waals surface area contributed by atoms with Crippen molar-refractivity contribution in [2.45, 2.75) is 0 Å². The summed E-state index contributed by atoms with van der Waals surface area (Å²) < 4.78 is 0. The second-order valence-corrected chi connectivity index (χ2v) is 0.930. The van der Waals surface area contributed by atoms with Crippen molar-refractivity contribution in [3.05, 3.63) is 32.6 Å². The second-order valence-electron chi connectivity index (χ2n) is 0.930. The zero-order chi connectivity index (χ0) is 6.73. The van der Waals surface area contributed by atoms with E-state index in [9.17, 15) is 20.2 Å². The van der Waals surface area contributed by atoms with Crippen molar-refractivity contribution in [1.29, 1.82) is 0 Å². The summed E-state index contributed by atoms with van der Waals surface area (Å²) in [5, 5.41) is 18.8. The van der Waals surface area contributed by atoms with Crippen molar-refractivity contribution in [3.63, 3.8) is 0 Å². The molecule has 0 saturated heterocycles. The van der Waals surface area contributed by atoms with E-state index < -0.39 is 15.7 Å². The van der Waals surface area contributed by atoms with E-state index in [-0.39, 0.29) is 12.3 Å². The number of hydrogen-bond donors (Lipinski definition) is 2. The molecule has 10 heavy (non-hydrogen) atoms. The van der Waals surface area contributed by atoms with Gasteiger partial charge in [0.05, 0.1) is 6.58 Å². The van der Waals surface area contributed by atoms with Crippen LogP contribution in [0.1, 0.15) is 0 Å². The van der Waals surface area contributed by atoms with Crippen LogP contribution in [-0.4, -0.2) is 9.85 Å². The molecule has 6 N–H and O–H groups in total. The standard InChI is InChI=1S/C2H2N2O4.2H3N/c1-2(3(5)6)4(7)8;;/h1H2;2*1H3. The molecule has 0 atom stereocenters. The Morgan fingerprint density at radius 3 is 1.30 bits per heavy atom. The lowest BCUT2D eigenvalue weighted by Crippen LogP contribution is -2.06. The van der Waals surface area contributed by atoms with Crippen LogP contribution in [0, 0.1) is 20.2 Å². The summed E-state index contributed by atoms with van der Waals surface area (Å²) in [4.78, 5) is 16.5. The average Bonchev–Trinajstić information content (AvgIpc) is 1.64. The lowest BCUT2D eigenvalue weighted by molar-refractivity contribution is -0.615. The molecule has 0 unspecified atom stereocenters. The second kappa shape index (κ2) is 5.59. The SMILES string of the molecule is C=C([N+](=O)[O-])[N+](=O)[O-].N.N. The molecule has 8 heteroatoms. The van der Waals surface area contributed by atoms with Crippen LogP contribution in [-0.2, 0) is 0 Å². The Morgan fingerprint density at radius 1 is 1.10 bits per heavy atom. The van der Waals surface area contributed by atoms with Gasteiger partial charge in [0.15, 0.2) is 0 Å². The normalized spacial score (nSPS) is 6.40. The first-order chi connectivity index (χ1) is 3.55. The number of nitro groups is 2. The van der Waals surface area contributed by atoms with Gasteiger partial charge in [0.25, 0.3) is 0 Å². The summed E-state index contributed by atoms with van der Waals surface area (Å²) in [5.74, 6) is -1.20. The highest BCUT2D eigenvalue weighted by Crippen LogP contribution is 1.88. The molecule has 0 fully saturated rings. The maximum atomic E-state index is 9.41. The molecule has 0 aromatic carbocycles. The largest absolute Gasteiger partial charge is 0.551 e. The summed E-state index contributed by atoms with van der Waals surface area (Å²) >= 11 is 0. The molecular formula is C2H8N4O4. The summed E-state index contributed by atoms with van der Waals surface area (Å²) in [5.41, 5.74) is 0. The molecule has 0 saturated carbocycles. The van der Waals surface area contributed by atoms with Gasteiger partial charge in [-0.25, -0.2) is 0 Å². The van der Waals surface area contributed by atoms with Crippen LogP contribution in [0.15, 0.2) is 12.4 Å². The van der Waals surface area contributed by atoms with E-state index in [4.69, 9.17) is 0 Å². The minimum atomic E-state index is -1.20. The average molecular weight is 152 g/mol. The molecule has 0 heterocycles. The van der Waals surface area contributed by atoms with Crippen molar-refractivity contribution < 1.29 is 9.85 Å². The molecule has 8 nitrogen and oxygen atoms in total. The number of rotatable bonds is 2. The Morgan fingerprint density at radius 2 is 1.30 bits per heavy atom. The van der Waals surface area contributed by atoms with Gasteiger partial charge >= 0.3 is 5.82 Å². The van der Waals surface area contributed by atoms with Gasteiger partial charge in [0, 0.05) is 0 Å². The van der Waals surface area contributed by atoms with Crippen molar-refractivity contribution >= 4 is 0 Å². The van der Waals surface area contributed by atoms with Gasteiger partial charge in [-0.05, 0) is 0 Å². The summed E-state index contributed by atoms with van der Waals surface area (Å²) in [6.07, 6.45) is 0. The van der Waals surface area contributed by atoms with Crippen LogP contribution in [0.25, 0.3) is 0 Å². The smallest absolute Gasteiger partial charge is 0.344 e. The van der Waals surface area contributed by atoms with E-state index in [1.807, 2.05) is 0 Å². The molecule has 0 rings (SSSR count). The van der Waals surface area contributed by atoms with Crippen LogP contribution in [0.2, 0.25) is 0 Å².